The van der Waals surface area contributed by atoms with Crippen LogP contribution in [-0.2, 0) is 0 Å². The summed E-state index contributed by atoms with van der Waals surface area (Å²) in [6, 6.07) is 8.26. The number of aromatic nitrogens is 2. The zero-order chi connectivity index (χ0) is 16.7. The second-order valence-corrected chi connectivity index (χ2v) is 13.6. The van der Waals surface area contributed by atoms with Crippen molar-refractivity contribution < 1.29 is 0 Å². The number of hydrogen-bond acceptors (Lipinski definition) is 2. The summed E-state index contributed by atoms with van der Waals surface area (Å²) in [5, 5.41) is 0.491. The minimum atomic E-state index is -0.348. The van der Waals surface area contributed by atoms with Gasteiger partial charge in [-0.1, -0.05) is 69.5 Å². The molecule has 2 nitrogen and oxygen atoms in total. The van der Waals surface area contributed by atoms with E-state index in [0.29, 0.717) is 0 Å². The van der Waals surface area contributed by atoms with Gasteiger partial charge in [0.1, 0.15) is 0 Å². The summed E-state index contributed by atoms with van der Waals surface area (Å²) in [6.45, 7) is 18.6. The van der Waals surface area contributed by atoms with Gasteiger partial charge in [0.2, 0.25) is 0 Å². The Morgan fingerprint density at radius 3 is 1.27 bits per heavy atom. The standard InChI is InChI=1S/C18H28N2P2/c1-17(2,3)21(7)15-16(22(8)18(4,5)6)20-14-12-10-9-11-13(14)19-15/h9-12H,1-8H3. The molecule has 0 saturated heterocycles. The number of nitrogens with zero attached hydrogens (tertiary/aromatic N) is 2. The zero-order valence-corrected chi connectivity index (χ0v) is 16.9. The van der Waals surface area contributed by atoms with Gasteiger partial charge in [-0.15, -0.1) is 0 Å². The maximum atomic E-state index is 5.06. The first-order valence-electron chi connectivity index (χ1n) is 7.76. The van der Waals surface area contributed by atoms with E-state index < -0.39 is 0 Å². The Morgan fingerprint density at radius 2 is 1.00 bits per heavy atom. The molecule has 0 aliphatic rings. The third kappa shape index (κ3) is 3.66. The molecule has 0 aliphatic heterocycles. The zero-order valence-electron chi connectivity index (χ0n) is 15.1. The molecule has 0 aliphatic carbocycles. The van der Waals surface area contributed by atoms with Crippen LogP contribution in [0.15, 0.2) is 24.3 Å². The lowest BCUT2D eigenvalue weighted by Crippen LogP contribution is -2.36. The molecule has 0 bridgehead atoms. The fourth-order valence-corrected chi connectivity index (χ4v) is 5.45. The molecule has 2 atom stereocenters. The molecule has 0 fully saturated rings. The van der Waals surface area contributed by atoms with Crippen LogP contribution < -0.4 is 10.9 Å². The summed E-state index contributed by atoms with van der Waals surface area (Å²) >= 11 is 0. The summed E-state index contributed by atoms with van der Waals surface area (Å²) < 4.78 is 0. The summed E-state index contributed by atoms with van der Waals surface area (Å²) in [5.74, 6) is 0. The van der Waals surface area contributed by atoms with Crippen molar-refractivity contribution in [2.45, 2.75) is 51.9 Å². The molecule has 0 spiro atoms. The average Bonchev–Trinajstić information content (AvgIpc) is 2.42. The van der Waals surface area contributed by atoms with E-state index in [4.69, 9.17) is 9.97 Å². The molecule has 1 aromatic heterocycles. The van der Waals surface area contributed by atoms with Crippen LogP contribution in [0.1, 0.15) is 41.5 Å². The van der Waals surface area contributed by atoms with Gasteiger partial charge in [0.05, 0.1) is 21.9 Å². The van der Waals surface area contributed by atoms with E-state index in [1.807, 2.05) is 12.1 Å². The first-order chi connectivity index (χ1) is 10.0. The first kappa shape index (κ1) is 17.8. The number of fused-ring (bicyclic) bond motifs is 1. The fourth-order valence-electron chi connectivity index (χ4n) is 2.07. The van der Waals surface area contributed by atoms with E-state index in [1.54, 1.807) is 0 Å². The molecular formula is C18H28N2P2. The van der Waals surface area contributed by atoms with E-state index in [0.717, 1.165) is 11.0 Å². The Morgan fingerprint density at radius 1 is 0.682 bits per heavy atom. The third-order valence-electron chi connectivity index (χ3n) is 4.18. The molecule has 1 heterocycles. The Kier molecular flexibility index (Phi) is 4.96. The number of benzene rings is 1. The van der Waals surface area contributed by atoms with Crippen LogP contribution in [0.3, 0.4) is 0 Å². The third-order valence-corrected chi connectivity index (χ3v) is 10.3. The van der Waals surface area contributed by atoms with Crippen molar-refractivity contribution in [1.82, 2.24) is 9.97 Å². The average molecular weight is 334 g/mol. The second-order valence-electron chi connectivity index (χ2n) is 7.82. The largest absolute Gasteiger partial charge is 0.244 e. The minimum Gasteiger partial charge on any atom is -0.244 e. The number of rotatable bonds is 2. The van der Waals surface area contributed by atoms with Crippen LogP contribution in [0.5, 0.6) is 0 Å². The van der Waals surface area contributed by atoms with Crippen LogP contribution in [0.25, 0.3) is 11.0 Å². The van der Waals surface area contributed by atoms with Crippen molar-refractivity contribution in [3.63, 3.8) is 0 Å². The molecule has 4 heteroatoms. The lowest BCUT2D eigenvalue weighted by Gasteiger charge is -2.33. The Bertz CT molecular complexity index is 610. The van der Waals surface area contributed by atoms with E-state index in [9.17, 15) is 0 Å². The quantitative estimate of drug-likeness (QED) is 0.744. The van der Waals surface area contributed by atoms with E-state index in [1.165, 1.54) is 10.9 Å². The minimum absolute atomic E-state index is 0.245. The van der Waals surface area contributed by atoms with Crippen molar-refractivity contribution in [3.8, 4) is 0 Å². The number of para-hydroxylation sites is 2. The normalized spacial score (nSPS) is 15.8. The van der Waals surface area contributed by atoms with Crippen molar-refractivity contribution in [1.29, 1.82) is 0 Å². The topological polar surface area (TPSA) is 25.8 Å². The maximum Gasteiger partial charge on any atom is 0.0899 e. The van der Waals surface area contributed by atoms with Gasteiger partial charge in [-0.25, -0.2) is 9.97 Å². The van der Waals surface area contributed by atoms with Gasteiger partial charge < -0.3 is 0 Å². The molecule has 0 radical (unpaired) electrons. The van der Waals surface area contributed by atoms with Crippen LogP contribution >= 0.6 is 15.8 Å². The predicted octanol–water partition coefficient (Wildman–Crippen LogP) is 4.70. The molecule has 0 saturated carbocycles. The molecular weight excluding hydrogens is 306 g/mol. The first-order valence-corrected chi connectivity index (χ1v) is 11.3. The molecule has 2 unspecified atom stereocenters. The fraction of sp³-hybridized carbons (Fsp3) is 0.556. The molecule has 2 aromatic rings. The molecule has 0 amide bonds. The van der Waals surface area contributed by atoms with E-state index in [2.05, 4.69) is 67.0 Å². The maximum absolute atomic E-state index is 5.06. The Labute approximate surface area is 137 Å². The molecule has 2 rings (SSSR count). The Balaban J connectivity index is 2.70. The lowest BCUT2D eigenvalue weighted by molar-refractivity contribution is 0.787. The van der Waals surface area contributed by atoms with Gasteiger partial charge in [0, 0.05) is 0 Å². The van der Waals surface area contributed by atoms with Gasteiger partial charge >= 0.3 is 0 Å². The van der Waals surface area contributed by atoms with Crippen molar-refractivity contribution in [3.05, 3.63) is 24.3 Å². The summed E-state index contributed by atoms with van der Waals surface area (Å²) in [6.07, 6.45) is 0. The predicted molar refractivity (Wildman–Crippen MR) is 104 cm³/mol. The molecule has 120 valence electrons. The van der Waals surface area contributed by atoms with Crippen LogP contribution in [0.4, 0.5) is 0 Å². The molecule has 1 aromatic carbocycles. The van der Waals surface area contributed by atoms with Gasteiger partial charge in [0.15, 0.2) is 0 Å². The number of hydrogen-bond donors (Lipinski definition) is 0. The highest BCUT2D eigenvalue weighted by Gasteiger charge is 2.31. The summed E-state index contributed by atoms with van der Waals surface area (Å²) in [7, 11) is -0.695. The van der Waals surface area contributed by atoms with Gasteiger partial charge in [-0.05, 0) is 35.8 Å². The summed E-state index contributed by atoms with van der Waals surface area (Å²) in [5.41, 5.74) is 4.56. The SMILES string of the molecule is CP(c1nc2ccccc2nc1P(C)C(C)(C)C)C(C)(C)C. The van der Waals surface area contributed by atoms with Crippen molar-refractivity contribution >= 4 is 37.7 Å². The second kappa shape index (κ2) is 6.14. The van der Waals surface area contributed by atoms with Crippen LogP contribution in [0, 0.1) is 0 Å². The smallest absolute Gasteiger partial charge is 0.0899 e. The van der Waals surface area contributed by atoms with E-state index in [-0.39, 0.29) is 26.2 Å². The van der Waals surface area contributed by atoms with Gasteiger partial charge in [-0.2, -0.15) is 0 Å². The van der Waals surface area contributed by atoms with Crippen molar-refractivity contribution in [2.75, 3.05) is 13.3 Å². The van der Waals surface area contributed by atoms with E-state index >= 15 is 0 Å². The monoisotopic (exact) mass is 334 g/mol. The highest BCUT2D eigenvalue weighted by molar-refractivity contribution is 7.72. The van der Waals surface area contributed by atoms with Crippen molar-refractivity contribution in [2.24, 2.45) is 0 Å². The molecule has 0 N–H and O–H groups in total. The molecule has 22 heavy (non-hydrogen) atoms. The lowest BCUT2D eigenvalue weighted by atomic mass is 10.3. The highest BCUT2D eigenvalue weighted by atomic mass is 31.1. The van der Waals surface area contributed by atoms with Gasteiger partial charge in [0.25, 0.3) is 0 Å². The van der Waals surface area contributed by atoms with Crippen LogP contribution in [-0.4, -0.2) is 33.6 Å². The van der Waals surface area contributed by atoms with Crippen LogP contribution in [0.2, 0.25) is 0 Å². The highest BCUT2D eigenvalue weighted by Crippen LogP contribution is 2.49. The Hall–Kier alpha value is -0.580. The summed E-state index contributed by atoms with van der Waals surface area (Å²) in [4.78, 5) is 10.1. The van der Waals surface area contributed by atoms with Gasteiger partial charge in [-0.3, -0.25) is 0 Å².